The molecule has 0 unspecified atom stereocenters. The van der Waals surface area contributed by atoms with Crippen LogP contribution in [0.5, 0.6) is 0 Å². The molecule has 0 saturated carbocycles. The van der Waals surface area contributed by atoms with E-state index >= 15 is 0 Å². The summed E-state index contributed by atoms with van der Waals surface area (Å²) >= 11 is 0. The molecular formula is C20H18N2O4. The molecule has 3 aromatic rings. The van der Waals surface area contributed by atoms with Gasteiger partial charge in [-0.05, 0) is 49.4 Å². The fourth-order valence-corrected chi connectivity index (χ4v) is 2.70. The minimum atomic E-state index is -0.411. The molecule has 132 valence electrons. The van der Waals surface area contributed by atoms with Crippen molar-refractivity contribution in [3.63, 3.8) is 0 Å². The molecule has 6 nitrogen and oxygen atoms in total. The quantitative estimate of drug-likeness (QED) is 0.720. The van der Waals surface area contributed by atoms with E-state index in [9.17, 15) is 9.59 Å². The molecule has 0 spiro atoms. The van der Waals surface area contributed by atoms with Crippen molar-refractivity contribution in [1.29, 1.82) is 0 Å². The Labute approximate surface area is 150 Å². The second-order valence-corrected chi connectivity index (χ2v) is 5.73. The van der Waals surface area contributed by atoms with Crippen LogP contribution in [0.4, 0.5) is 11.4 Å². The Morgan fingerprint density at radius 2 is 1.62 bits per heavy atom. The number of carbonyl (C=O) groups is 2. The number of aryl methyl sites for hydroxylation is 1. The first kappa shape index (κ1) is 17.4. The molecular weight excluding hydrogens is 332 g/mol. The van der Waals surface area contributed by atoms with E-state index in [1.54, 1.807) is 36.4 Å². The number of fused-ring (bicyclic) bond motifs is 1. The monoisotopic (exact) mass is 350 g/mol. The molecule has 1 aromatic heterocycles. The van der Waals surface area contributed by atoms with Crippen LogP contribution in [0.25, 0.3) is 10.9 Å². The van der Waals surface area contributed by atoms with Gasteiger partial charge >= 0.3 is 11.9 Å². The predicted molar refractivity (Wildman–Crippen MR) is 98.9 cm³/mol. The van der Waals surface area contributed by atoms with Crippen LogP contribution in [0, 0.1) is 6.92 Å². The lowest BCUT2D eigenvalue weighted by Gasteiger charge is -2.12. The number of carbonyl (C=O) groups excluding carboxylic acids is 2. The summed E-state index contributed by atoms with van der Waals surface area (Å²) in [5.74, 6) is -0.816. The summed E-state index contributed by atoms with van der Waals surface area (Å²) in [6.45, 7) is 1.89. The van der Waals surface area contributed by atoms with Crippen LogP contribution in [0.1, 0.15) is 26.4 Å². The number of ether oxygens (including phenoxy) is 2. The summed E-state index contributed by atoms with van der Waals surface area (Å²) in [5, 5.41) is 4.07. The standard InChI is InChI=1S/C20H18N2O4/c1-12-9-18(22-15-6-4-5-13(10-15)19(23)25-2)16-11-14(20(24)26-3)7-8-17(16)21-12/h4-11H,1-3H3,(H,21,22). The molecule has 0 aliphatic heterocycles. The van der Waals surface area contributed by atoms with Gasteiger partial charge in [0.2, 0.25) is 0 Å². The number of hydrogen-bond acceptors (Lipinski definition) is 6. The average Bonchev–Trinajstić information content (AvgIpc) is 2.66. The van der Waals surface area contributed by atoms with E-state index < -0.39 is 11.9 Å². The Bertz CT molecular complexity index is 998. The maximum Gasteiger partial charge on any atom is 0.337 e. The highest BCUT2D eigenvalue weighted by molar-refractivity contribution is 6.00. The number of aromatic nitrogens is 1. The molecule has 0 amide bonds. The van der Waals surface area contributed by atoms with E-state index in [-0.39, 0.29) is 0 Å². The van der Waals surface area contributed by atoms with Crippen LogP contribution in [0.3, 0.4) is 0 Å². The summed E-state index contributed by atoms with van der Waals surface area (Å²) in [7, 11) is 2.69. The van der Waals surface area contributed by atoms with Crippen LogP contribution in [-0.2, 0) is 9.47 Å². The van der Waals surface area contributed by atoms with Crippen LogP contribution in [-0.4, -0.2) is 31.1 Å². The zero-order valence-corrected chi connectivity index (χ0v) is 14.7. The zero-order valence-electron chi connectivity index (χ0n) is 14.7. The molecule has 0 fully saturated rings. The van der Waals surface area contributed by atoms with Gasteiger partial charge in [0.25, 0.3) is 0 Å². The summed E-state index contributed by atoms with van der Waals surface area (Å²) in [6, 6.07) is 14.1. The minimum absolute atomic E-state index is 0.405. The zero-order chi connectivity index (χ0) is 18.7. The van der Waals surface area contributed by atoms with Gasteiger partial charge in [0.15, 0.2) is 0 Å². The highest BCUT2D eigenvalue weighted by Crippen LogP contribution is 2.28. The number of nitrogens with one attached hydrogen (secondary N) is 1. The van der Waals surface area contributed by atoms with Crippen molar-refractivity contribution in [2.45, 2.75) is 6.92 Å². The smallest absolute Gasteiger partial charge is 0.337 e. The molecule has 1 N–H and O–H groups in total. The number of nitrogens with zero attached hydrogens (tertiary/aromatic N) is 1. The van der Waals surface area contributed by atoms with E-state index in [0.29, 0.717) is 11.1 Å². The van der Waals surface area contributed by atoms with E-state index in [1.807, 2.05) is 19.1 Å². The third-order valence-electron chi connectivity index (χ3n) is 3.92. The maximum absolute atomic E-state index is 11.8. The average molecular weight is 350 g/mol. The summed E-state index contributed by atoms with van der Waals surface area (Å²) in [6.07, 6.45) is 0. The molecule has 3 rings (SSSR count). The van der Waals surface area contributed by atoms with Gasteiger partial charge in [0, 0.05) is 22.5 Å². The number of rotatable bonds is 4. The maximum atomic E-state index is 11.8. The van der Waals surface area contributed by atoms with Crippen LogP contribution in [0.15, 0.2) is 48.5 Å². The second kappa shape index (κ2) is 7.23. The highest BCUT2D eigenvalue weighted by Gasteiger charge is 2.11. The van der Waals surface area contributed by atoms with Crippen molar-refractivity contribution in [3.05, 3.63) is 65.4 Å². The number of esters is 2. The second-order valence-electron chi connectivity index (χ2n) is 5.73. The SMILES string of the molecule is COC(=O)c1cccc(Nc2cc(C)nc3ccc(C(=O)OC)cc23)c1. The van der Waals surface area contributed by atoms with E-state index in [2.05, 4.69) is 10.3 Å². The molecule has 0 aliphatic carbocycles. The van der Waals surface area contributed by atoms with Gasteiger partial charge in [-0.25, -0.2) is 9.59 Å². The number of anilines is 2. The first-order valence-electron chi connectivity index (χ1n) is 7.97. The number of hydrogen-bond donors (Lipinski definition) is 1. The van der Waals surface area contributed by atoms with Crippen LogP contribution < -0.4 is 5.32 Å². The Kier molecular flexibility index (Phi) is 4.84. The lowest BCUT2D eigenvalue weighted by Crippen LogP contribution is -2.03. The highest BCUT2D eigenvalue weighted by atomic mass is 16.5. The van der Waals surface area contributed by atoms with Crippen molar-refractivity contribution in [1.82, 2.24) is 4.98 Å². The van der Waals surface area contributed by atoms with Gasteiger partial charge in [-0.3, -0.25) is 4.98 Å². The normalized spacial score (nSPS) is 10.4. The van der Waals surface area contributed by atoms with Crippen molar-refractivity contribution >= 4 is 34.2 Å². The number of pyridine rings is 1. The van der Waals surface area contributed by atoms with Gasteiger partial charge in [0.1, 0.15) is 0 Å². The largest absolute Gasteiger partial charge is 0.465 e. The number of methoxy groups -OCH3 is 2. The van der Waals surface area contributed by atoms with Gasteiger partial charge in [-0.15, -0.1) is 0 Å². The lowest BCUT2D eigenvalue weighted by molar-refractivity contribution is 0.0592. The van der Waals surface area contributed by atoms with Crippen LogP contribution >= 0.6 is 0 Å². The Balaban J connectivity index is 2.06. The van der Waals surface area contributed by atoms with E-state index in [1.165, 1.54) is 14.2 Å². The molecule has 0 saturated heterocycles. The van der Waals surface area contributed by atoms with Crippen molar-refractivity contribution < 1.29 is 19.1 Å². The molecule has 26 heavy (non-hydrogen) atoms. The Hall–Kier alpha value is -3.41. The Morgan fingerprint density at radius 1 is 0.923 bits per heavy atom. The van der Waals surface area contributed by atoms with Gasteiger partial charge in [0.05, 0.1) is 30.9 Å². The van der Waals surface area contributed by atoms with Crippen molar-refractivity contribution in [2.75, 3.05) is 19.5 Å². The molecule has 1 heterocycles. The number of benzene rings is 2. The lowest BCUT2D eigenvalue weighted by atomic mass is 10.1. The predicted octanol–water partition coefficient (Wildman–Crippen LogP) is 3.86. The first-order chi connectivity index (χ1) is 12.5. The van der Waals surface area contributed by atoms with E-state index in [4.69, 9.17) is 9.47 Å². The summed E-state index contributed by atoms with van der Waals surface area (Å²) in [5.41, 5.74) is 3.97. The van der Waals surface area contributed by atoms with E-state index in [0.717, 1.165) is 28.0 Å². The minimum Gasteiger partial charge on any atom is -0.465 e. The third kappa shape index (κ3) is 3.49. The molecule has 0 bridgehead atoms. The summed E-state index contributed by atoms with van der Waals surface area (Å²) in [4.78, 5) is 28.1. The van der Waals surface area contributed by atoms with Crippen molar-refractivity contribution in [2.24, 2.45) is 0 Å². The topological polar surface area (TPSA) is 77.5 Å². The fraction of sp³-hybridized carbons (Fsp3) is 0.150. The molecule has 0 radical (unpaired) electrons. The Morgan fingerprint density at radius 3 is 2.31 bits per heavy atom. The third-order valence-corrected chi connectivity index (χ3v) is 3.92. The van der Waals surface area contributed by atoms with Crippen LogP contribution in [0.2, 0.25) is 0 Å². The van der Waals surface area contributed by atoms with Gasteiger partial charge in [-0.1, -0.05) is 6.07 Å². The molecule has 0 atom stereocenters. The first-order valence-corrected chi connectivity index (χ1v) is 7.97. The molecule has 2 aromatic carbocycles. The summed E-state index contributed by atoms with van der Waals surface area (Å²) < 4.78 is 9.55. The van der Waals surface area contributed by atoms with Crippen molar-refractivity contribution in [3.8, 4) is 0 Å². The molecule has 6 heteroatoms. The molecule has 0 aliphatic rings. The van der Waals surface area contributed by atoms with Gasteiger partial charge < -0.3 is 14.8 Å². The fourth-order valence-electron chi connectivity index (χ4n) is 2.70. The van der Waals surface area contributed by atoms with Gasteiger partial charge in [-0.2, -0.15) is 0 Å².